The number of carbonyl (C=O) groups is 1. The molecule has 0 N–H and O–H groups in total. The molecular formula is C33H29N3O9S. The highest BCUT2D eigenvalue weighted by molar-refractivity contribution is 7.07. The summed E-state index contributed by atoms with van der Waals surface area (Å²) in [6.45, 7) is 5.61. The van der Waals surface area contributed by atoms with Crippen molar-refractivity contribution in [2.45, 2.75) is 33.4 Å². The molecule has 46 heavy (non-hydrogen) atoms. The fraction of sp³-hybridized carbons (Fsp3) is 0.242. The molecular weight excluding hydrogens is 614 g/mol. The molecule has 236 valence electrons. The third-order valence-electron chi connectivity index (χ3n) is 7.36. The van der Waals surface area contributed by atoms with E-state index in [1.54, 1.807) is 45.0 Å². The maximum absolute atomic E-state index is 13.7. The van der Waals surface area contributed by atoms with Gasteiger partial charge in [0, 0.05) is 5.70 Å². The molecule has 4 aromatic rings. The predicted molar refractivity (Wildman–Crippen MR) is 169 cm³/mol. The Morgan fingerprint density at radius 3 is 2.57 bits per heavy atom. The number of hydrogen-bond acceptors (Lipinski definition) is 11. The SMILES string of the molecule is CCOC(=O)C1=C(C)n2c(s/c(=C\c3ccc4c(c3)OCO4)c2=O)=N[C@H]1c1cc(OCC)c(OCc2ccccc2)cc1[N+](=O)[O-]. The molecule has 0 saturated carbocycles. The molecule has 2 aliphatic rings. The van der Waals surface area contributed by atoms with Gasteiger partial charge in [-0.2, -0.15) is 0 Å². The first-order valence-corrected chi connectivity index (χ1v) is 15.3. The minimum absolute atomic E-state index is 0.00684. The Labute approximate surface area is 266 Å². The highest BCUT2D eigenvalue weighted by Crippen LogP contribution is 2.43. The molecule has 2 aliphatic heterocycles. The Morgan fingerprint density at radius 2 is 1.83 bits per heavy atom. The Morgan fingerprint density at radius 1 is 1.07 bits per heavy atom. The maximum Gasteiger partial charge on any atom is 0.338 e. The molecule has 0 unspecified atom stereocenters. The minimum Gasteiger partial charge on any atom is -0.490 e. The van der Waals surface area contributed by atoms with Crippen LogP contribution in [0.1, 0.15) is 43.5 Å². The molecule has 0 amide bonds. The molecule has 0 aliphatic carbocycles. The van der Waals surface area contributed by atoms with Crippen LogP contribution < -0.4 is 33.8 Å². The van der Waals surface area contributed by atoms with Crippen molar-refractivity contribution in [1.29, 1.82) is 0 Å². The van der Waals surface area contributed by atoms with E-state index in [-0.39, 0.29) is 65.4 Å². The van der Waals surface area contributed by atoms with Crippen LogP contribution in [0.3, 0.4) is 0 Å². The van der Waals surface area contributed by atoms with E-state index < -0.39 is 22.5 Å². The highest BCUT2D eigenvalue weighted by atomic mass is 32.1. The molecule has 0 bridgehead atoms. The molecule has 3 aromatic carbocycles. The second kappa shape index (κ2) is 12.9. The van der Waals surface area contributed by atoms with Crippen molar-refractivity contribution in [3.05, 3.63) is 113 Å². The lowest BCUT2D eigenvalue weighted by atomic mass is 9.94. The van der Waals surface area contributed by atoms with Crippen LogP contribution >= 0.6 is 11.3 Å². The van der Waals surface area contributed by atoms with Gasteiger partial charge in [-0.15, -0.1) is 0 Å². The summed E-state index contributed by atoms with van der Waals surface area (Å²) in [7, 11) is 0. The van der Waals surface area contributed by atoms with Gasteiger partial charge in [0.05, 0.1) is 39.9 Å². The van der Waals surface area contributed by atoms with Gasteiger partial charge in [-0.05, 0) is 56.2 Å². The molecule has 12 nitrogen and oxygen atoms in total. The largest absolute Gasteiger partial charge is 0.490 e. The first kappa shape index (κ1) is 30.6. The number of benzene rings is 3. The summed E-state index contributed by atoms with van der Waals surface area (Å²) in [5.41, 5.74) is 1.21. The number of nitro benzene ring substituents is 1. The number of aromatic nitrogens is 1. The monoisotopic (exact) mass is 643 g/mol. The summed E-state index contributed by atoms with van der Waals surface area (Å²) in [6.07, 6.45) is 1.69. The van der Waals surface area contributed by atoms with E-state index in [2.05, 4.69) is 0 Å². The first-order valence-electron chi connectivity index (χ1n) is 14.5. The normalized spacial score (nSPS) is 15.3. The van der Waals surface area contributed by atoms with Gasteiger partial charge in [0.2, 0.25) is 6.79 Å². The van der Waals surface area contributed by atoms with Crippen LogP contribution in [-0.4, -0.2) is 35.5 Å². The van der Waals surface area contributed by atoms with Gasteiger partial charge in [-0.3, -0.25) is 19.5 Å². The Balaban J connectivity index is 1.50. The van der Waals surface area contributed by atoms with Crippen molar-refractivity contribution in [3.63, 3.8) is 0 Å². The van der Waals surface area contributed by atoms with Crippen molar-refractivity contribution >= 4 is 34.8 Å². The first-order chi connectivity index (χ1) is 22.3. The zero-order valence-electron chi connectivity index (χ0n) is 25.2. The predicted octanol–water partition coefficient (Wildman–Crippen LogP) is 4.52. The second-order valence-electron chi connectivity index (χ2n) is 10.2. The molecule has 0 spiro atoms. The fourth-order valence-corrected chi connectivity index (χ4v) is 6.29. The number of ether oxygens (including phenoxy) is 5. The van der Waals surface area contributed by atoms with E-state index in [0.29, 0.717) is 21.6 Å². The van der Waals surface area contributed by atoms with Gasteiger partial charge < -0.3 is 23.7 Å². The smallest absolute Gasteiger partial charge is 0.338 e. The average Bonchev–Trinajstić information content (AvgIpc) is 3.64. The van der Waals surface area contributed by atoms with Gasteiger partial charge >= 0.3 is 5.97 Å². The van der Waals surface area contributed by atoms with Gasteiger partial charge in [0.1, 0.15) is 12.6 Å². The van der Waals surface area contributed by atoms with Gasteiger partial charge in [-0.1, -0.05) is 47.7 Å². The quantitative estimate of drug-likeness (QED) is 0.139. The number of allylic oxidation sites excluding steroid dienone is 1. The number of fused-ring (bicyclic) bond motifs is 2. The number of rotatable bonds is 10. The summed E-state index contributed by atoms with van der Waals surface area (Å²) in [6, 6.07) is 16.3. The Hall–Kier alpha value is -5.43. The van der Waals surface area contributed by atoms with Crippen molar-refractivity contribution in [2.75, 3.05) is 20.0 Å². The van der Waals surface area contributed by atoms with E-state index in [9.17, 15) is 19.7 Å². The zero-order valence-corrected chi connectivity index (χ0v) is 26.0. The zero-order chi connectivity index (χ0) is 32.4. The third kappa shape index (κ3) is 5.84. The van der Waals surface area contributed by atoms with E-state index >= 15 is 0 Å². The molecule has 0 fully saturated rings. The molecule has 6 rings (SSSR count). The molecule has 1 atom stereocenters. The summed E-state index contributed by atoms with van der Waals surface area (Å²) in [4.78, 5) is 44.1. The van der Waals surface area contributed by atoms with Crippen LogP contribution in [0.4, 0.5) is 5.69 Å². The molecule has 13 heteroatoms. The second-order valence-corrected chi connectivity index (χ2v) is 11.2. The third-order valence-corrected chi connectivity index (χ3v) is 8.34. The number of carbonyl (C=O) groups excluding carboxylic acids is 1. The van der Waals surface area contributed by atoms with Crippen LogP contribution in [0.25, 0.3) is 11.8 Å². The highest BCUT2D eigenvalue weighted by Gasteiger charge is 2.36. The van der Waals surface area contributed by atoms with Crippen LogP contribution in [0.5, 0.6) is 23.0 Å². The van der Waals surface area contributed by atoms with E-state index in [0.717, 1.165) is 16.9 Å². The number of thiazole rings is 1. The minimum atomic E-state index is -1.17. The summed E-state index contributed by atoms with van der Waals surface area (Å²) in [5, 5.41) is 12.5. The number of esters is 1. The topological polar surface area (TPSA) is 141 Å². The standard InChI is InChI=1S/C33H29N3O9S/c1-4-41-26-15-22(23(36(39)40)16-27(26)43-17-20-9-7-6-8-10-20)30-29(32(38)42-5-2)19(3)35-31(37)28(46-33(35)34-30)14-21-11-12-24-25(13-21)45-18-44-24/h6-16,30H,4-5,17-18H2,1-3H3/b28-14-/t30-/m0/s1. The van der Waals surface area contributed by atoms with Crippen LogP contribution in [0.15, 0.2) is 76.0 Å². The van der Waals surface area contributed by atoms with Crippen molar-refractivity contribution in [2.24, 2.45) is 4.99 Å². The average molecular weight is 644 g/mol. The van der Waals surface area contributed by atoms with E-state index in [1.165, 1.54) is 16.7 Å². The van der Waals surface area contributed by atoms with Crippen LogP contribution in [-0.2, 0) is 16.1 Å². The number of nitro groups is 1. The van der Waals surface area contributed by atoms with E-state index in [1.807, 2.05) is 30.3 Å². The van der Waals surface area contributed by atoms with Crippen LogP contribution in [0, 0.1) is 10.1 Å². The number of nitrogens with zero attached hydrogens (tertiary/aromatic N) is 3. The van der Waals surface area contributed by atoms with Crippen molar-refractivity contribution in [3.8, 4) is 23.0 Å². The van der Waals surface area contributed by atoms with Gasteiger partial charge in [-0.25, -0.2) is 9.79 Å². The summed E-state index contributed by atoms with van der Waals surface area (Å²) >= 11 is 1.10. The fourth-order valence-electron chi connectivity index (χ4n) is 5.26. The molecule has 1 aromatic heterocycles. The maximum atomic E-state index is 13.7. The molecule has 0 radical (unpaired) electrons. The lowest BCUT2D eigenvalue weighted by molar-refractivity contribution is -0.385. The van der Waals surface area contributed by atoms with Crippen molar-refractivity contribution in [1.82, 2.24) is 4.57 Å². The Bertz CT molecular complexity index is 2050. The lowest BCUT2D eigenvalue weighted by Gasteiger charge is -2.23. The van der Waals surface area contributed by atoms with Crippen molar-refractivity contribution < 1.29 is 33.4 Å². The van der Waals surface area contributed by atoms with Gasteiger partial charge in [0.25, 0.3) is 11.2 Å². The van der Waals surface area contributed by atoms with Crippen LogP contribution in [0.2, 0.25) is 0 Å². The number of hydrogen-bond donors (Lipinski definition) is 0. The lowest BCUT2D eigenvalue weighted by Crippen LogP contribution is -2.35. The summed E-state index contributed by atoms with van der Waals surface area (Å²) < 4.78 is 29.7. The molecule has 3 heterocycles. The Kier molecular flexibility index (Phi) is 8.57. The summed E-state index contributed by atoms with van der Waals surface area (Å²) in [5.74, 6) is 0.856. The molecule has 0 saturated heterocycles. The van der Waals surface area contributed by atoms with Gasteiger partial charge in [0.15, 0.2) is 27.8 Å². The van der Waals surface area contributed by atoms with E-state index in [4.69, 9.17) is 28.7 Å².